The molecule has 0 aliphatic heterocycles. The van der Waals surface area contributed by atoms with Crippen LogP contribution in [0.2, 0.25) is 0 Å². The van der Waals surface area contributed by atoms with E-state index >= 15 is 0 Å². The molecule has 0 spiro atoms. The van der Waals surface area contributed by atoms with Crippen molar-refractivity contribution >= 4 is 17.8 Å². The number of alkyl halides is 2. The van der Waals surface area contributed by atoms with E-state index in [-0.39, 0.29) is 23.5 Å². The monoisotopic (exact) mass is 474 g/mol. The molecule has 0 saturated carbocycles. The third-order valence-corrected chi connectivity index (χ3v) is 4.58. The molecule has 0 unspecified atom stereocenters. The van der Waals surface area contributed by atoms with Gasteiger partial charge in [-0.15, -0.1) is 0 Å². The van der Waals surface area contributed by atoms with Gasteiger partial charge in [0.1, 0.15) is 23.9 Å². The van der Waals surface area contributed by atoms with Crippen LogP contribution in [0.25, 0.3) is 0 Å². The molecule has 11 heteroatoms. The Morgan fingerprint density at radius 1 is 0.971 bits per heavy atom. The Morgan fingerprint density at radius 2 is 1.59 bits per heavy atom. The molecule has 1 aromatic heterocycles. The maximum absolute atomic E-state index is 12.2. The quantitative estimate of drug-likeness (QED) is 0.468. The van der Waals surface area contributed by atoms with E-state index in [1.165, 1.54) is 24.3 Å². The van der Waals surface area contributed by atoms with Gasteiger partial charge in [0.15, 0.2) is 6.61 Å². The molecule has 34 heavy (non-hydrogen) atoms. The van der Waals surface area contributed by atoms with Crippen molar-refractivity contribution in [2.45, 2.75) is 27.1 Å². The summed E-state index contributed by atoms with van der Waals surface area (Å²) in [5.74, 6) is -1.38. The number of hydrogen-bond donors (Lipinski definition) is 1. The Kier molecular flexibility index (Phi) is 7.91. The van der Waals surface area contributed by atoms with Gasteiger partial charge in [-0.3, -0.25) is 14.9 Å². The second kappa shape index (κ2) is 11.0. The Bertz CT molecular complexity index is 1140. The molecule has 1 heterocycles. The van der Waals surface area contributed by atoms with E-state index in [1.54, 1.807) is 26.0 Å². The number of hydrogen-bond acceptors (Lipinski definition) is 8. The van der Waals surface area contributed by atoms with Crippen molar-refractivity contribution in [2.75, 3.05) is 6.61 Å². The molecule has 178 valence electrons. The molecule has 0 saturated heterocycles. The smallest absolute Gasteiger partial charge is 0.387 e. The highest BCUT2D eigenvalue weighted by Crippen LogP contribution is 2.18. The first-order valence-electron chi connectivity index (χ1n) is 9.93. The van der Waals surface area contributed by atoms with Gasteiger partial charge in [-0.2, -0.15) is 8.78 Å². The zero-order chi connectivity index (χ0) is 24.7. The number of aromatic nitrogens is 1. The van der Waals surface area contributed by atoms with Crippen LogP contribution in [0.4, 0.5) is 8.78 Å². The highest BCUT2D eigenvalue weighted by atomic mass is 19.3. The van der Waals surface area contributed by atoms with Crippen LogP contribution in [-0.2, 0) is 16.1 Å². The number of nitrogens with one attached hydrogen (secondary N) is 1. The van der Waals surface area contributed by atoms with E-state index in [9.17, 15) is 23.2 Å². The fourth-order valence-corrected chi connectivity index (χ4v) is 2.79. The lowest BCUT2D eigenvalue weighted by molar-refractivity contribution is -0.123. The number of esters is 1. The number of halogens is 2. The maximum atomic E-state index is 12.2. The molecule has 3 aromatic rings. The Labute approximate surface area is 192 Å². The Balaban J connectivity index is 1.45. The van der Waals surface area contributed by atoms with Gasteiger partial charge < -0.3 is 18.7 Å². The molecule has 0 atom stereocenters. The molecular weight excluding hydrogens is 454 g/mol. The molecule has 3 rings (SSSR count). The van der Waals surface area contributed by atoms with Gasteiger partial charge in [-0.25, -0.2) is 4.79 Å². The SMILES string of the molecule is Cc1noc(C)c1COc1ccc(C(=O)OCC(=O)NC(=O)c2ccc(OC(F)F)cc2)cc1. The number of amides is 2. The van der Waals surface area contributed by atoms with Crippen LogP contribution in [0.15, 0.2) is 53.1 Å². The summed E-state index contributed by atoms with van der Waals surface area (Å²) in [5, 5.41) is 5.88. The van der Waals surface area contributed by atoms with Crippen molar-refractivity contribution in [3.05, 3.63) is 76.7 Å². The summed E-state index contributed by atoms with van der Waals surface area (Å²) in [7, 11) is 0. The molecule has 9 nitrogen and oxygen atoms in total. The summed E-state index contributed by atoms with van der Waals surface area (Å²) in [6, 6.07) is 10.8. The third-order valence-electron chi connectivity index (χ3n) is 4.58. The highest BCUT2D eigenvalue weighted by Gasteiger charge is 2.15. The van der Waals surface area contributed by atoms with E-state index in [0.717, 1.165) is 23.4 Å². The standard InChI is InChI=1S/C23H20F2N2O7/c1-13-19(14(2)34-27-13)11-31-17-7-5-16(6-8-17)22(30)32-12-20(28)26-21(29)15-3-9-18(10-4-15)33-23(24)25/h3-10,23H,11-12H2,1-2H3,(H,26,28,29). The third kappa shape index (κ3) is 6.61. The van der Waals surface area contributed by atoms with Gasteiger partial charge >= 0.3 is 12.6 Å². The first-order chi connectivity index (χ1) is 16.2. The minimum absolute atomic E-state index is 0.0356. The average molecular weight is 474 g/mol. The summed E-state index contributed by atoms with van der Waals surface area (Å²) < 4.78 is 44.1. The summed E-state index contributed by atoms with van der Waals surface area (Å²) >= 11 is 0. The first kappa shape index (κ1) is 24.4. The van der Waals surface area contributed by atoms with Gasteiger partial charge in [0.2, 0.25) is 0 Å². The van der Waals surface area contributed by atoms with Gasteiger partial charge in [0, 0.05) is 5.56 Å². The molecule has 0 radical (unpaired) electrons. The summed E-state index contributed by atoms with van der Waals surface area (Å²) in [4.78, 5) is 36.1. The molecule has 0 bridgehead atoms. The minimum atomic E-state index is -2.99. The van der Waals surface area contributed by atoms with Crippen molar-refractivity contribution in [1.82, 2.24) is 10.5 Å². The highest BCUT2D eigenvalue weighted by molar-refractivity contribution is 6.05. The van der Waals surface area contributed by atoms with Crippen LogP contribution in [0, 0.1) is 13.8 Å². The normalized spacial score (nSPS) is 10.6. The number of rotatable bonds is 9. The largest absolute Gasteiger partial charge is 0.489 e. The van der Waals surface area contributed by atoms with E-state index < -0.39 is 31.0 Å². The number of carbonyl (C=O) groups is 3. The lowest BCUT2D eigenvalue weighted by atomic mass is 10.2. The fraction of sp³-hybridized carbons (Fsp3) is 0.217. The Morgan fingerprint density at radius 3 is 2.18 bits per heavy atom. The molecule has 2 aromatic carbocycles. The van der Waals surface area contributed by atoms with Crippen molar-refractivity contribution in [1.29, 1.82) is 0 Å². The van der Waals surface area contributed by atoms with E-state index in [2.05, 4.69) is 9.89 Å². The predicted octanol–water partition coefficient (Wildman–Crippen LogP) is 3.59. The van der Waals surface area contributed by atoms with Gasteiger partial charge in [-0.1, -0.05) is 5.16 Å². The zero-order valence-corrected chi connectivity index (χ0v) is 18.2. The second-order valence-corrected chi connectivity index (χ2v) is 6.97. The van der Waals surface area contributed by atoms with Gasteiger partial charge in [0.05, 0.1) is 16.8 Å². The predicted molar refractivity (Wildman–Crippen MR) is 113 cm³/mol. The maximum Gasteiger partial charge on any atom is 0.387 e. The van der Waals surface area contributed by atoms with Crippen LogP contribution in [0.3, 0.4) is 0 Å². The number of aryl methyl sites for hydroxylation is 2. The summed E-state index contributed by atoms with van der Waals surface area (Å²) in [5.41, 5.74) is 1.78. The van der Waals surface area contributed by atoms with E-state index in [4.69, 9.17) is 14.0 Å². The van der Waals surface area contributed by atoms with Crippen LogP contribution in [0.1, 0.15) is 37.7 Å². The van der Waals surface area contributed by atoms with Crippen molar-refractivity contribution in [2.24, 2.45) is 0 Å². The van der Waals surface area contributed by atoms with Crippen LogP contribution >= 0.6 is 0 Å². The molecule has 0 fully saturated rings. The number of benzene rings is 2. The first-order valence-corrected chi connectivity index (χ1v) is 9.93. The molecule has 1 N–H and O–H groups in total. The van der Waals surface area contributed by atoms with Crippen LogP contribution in [0.5, 0.6) is 11.5 Å². The second-order valence-electron chi connectivity index (χ2n) is 6.97. The van der Waals surface area contributed by atoms with Crippen molar-refractivity contribution in [3.8, 4) is 11.5 Å². The molecular formula is C23H20F2N2O7. The van der Waals surface area contributed by atoms with Crippen molar-refractivity contribution in [3.63, 3.8) is 0 Å². The number of ether oxygens (including phenoxy) is 3. The van der Waals surface area contributed by atoms with E-state index in [1.807, 2.05) is 5.32 Å². The van der Waals surface area contributed by atoms with Crippen LogP contribution in [-0.4, -0.2) is 36.2 Å². The Hall–Kier alpha value is -4.28. The number of imide groups is 1. The minimum Gasteiger partial charge on any atom is -0.489 e. The van der Waals surface area contributed by atoms with E-state index in [0.29, 0.717) is 11.5 Å². The lowest BCUT2D eigenvalue weighted by Crippen LogP contribution is -2.34. The van der Waals surface area contributed by atoms with Gasteiger partial charge in [0.25, 0.3) is 11.8 Å². The molecule has 0 aliphatic rings. The van der Waals surface area contributed by atoms with Crippen LogP contribution < -0.4 is 14.8 Å². The summed E-state index contributed by atoms with van der Waals surface area (Å²) in [6.07, 6.45) is 0. The number of carbonyl (C=O) groups excluding carboxylic acids is 3. The molecule has 0 aliphatic carbocycles. The number of nitrogens with zero attached hydrogens (tertiary/aromatic N) is 1. The summed E-state index contributed by atoms with van der Waals surface area (Å²) in [6.45, 7) is 0.151. The van der Waals surface area contributed by atoms with Gasteiger partial charge in [-0.05, 0) is 62.4 Å². The zero-order valence-electron chi connectivity index (χ0n) is 18.2. The topological polar surface area (TPSA) is 117 Å². The lowest BCUT2D eigenvalue weighted by Gasteiger charge is -2.08. The van der Waals surface area contributed by atoms with Crippen molar-refractivity contribution < 1.29 is 41.9 Å². The molecule has 2 amide bonds. The fourth-order valence-electron chi connectivity index (χ4n) is 2.79. The average Bonchev–Trinajstić information content (AvgIpc) is 3.13.